The maximum atomic E-state index is 5.98. The fourth-order valence-electron chi connectivity index (χ4n) is 2.62. The maximum Gasteiger partial charge on any atom is 0.243 e. The number of rotatable bonds is 6. The molecular weight excluding hydrogens is 250 g/mol. The summed E-state index contributed by atoms with van der Waals surface area (Å²) in [6, 6.07) is 10.2. The standard InChI is InChI=1S/C16H23N3O/c1-4-13(17)14-18-15(19-20-14)16(5-2,6-3)12-10-8-7-9-11-12/h7-11,13H,4-6,17H2,1-3H3/t13-/m1/s1. The van der Waals surface area contributed by atoms with Crippen LogP contribution in [0.4, 0.5) is 0 Å². The second-order valence-electron chi connectivity index (χ2n) is 5.13. The lowest BCUT2D eigenvalue weighted by Crippen LogP contribution is -2.27. The molecule has 2 rings (SSSR count). The van der Waals surface area contributed by atoms with Crippen molar-refractivity contribution in [2.45, 2.75) is 51.5 Å². The Bertz CT molecular complexity index is 532. The van der Waals surface area contributed by atoms with Gasteiger partial charge in [-0.15, -0.1) is 0 Å². The van der Waals surface area contributed by atoms with Crippen molar-refractivity contribution in [1.29, 1.82) is 0 Å². The van der Waals surface area contributed by atoms with Crippen LogP contribution in [0.25, 0.3) is 0 Å². The smallest absolute Gasteiger partial charge is 0.243 e. The first-order valence-electron chi connectivity index (χ1n) is 7.33. The van der Waals surface area contributed by atoms with Crippen molar-refractivity contribution in [1.82, 2.24) is 10.1 Å². The Labute approximate surface area is 120 Å². The van der Waals surface area contributed by atoms with Crippen molar-refractivity contribution in [2.24, 2.45) is 5.73 Å². The van der Waals surface area contributed by atoms with E-state index in [0.29, 0.717) is 5.89 Å². The van der Waals surface area contributed by atoms with Crippen LogP contribution in [-0.4, -0.2) is 10.1 Å². The van der Waals surface area contributed by atoms with Crippen LogP contribution in [0.2, 0.25) is 0 Å². The Balaban J connectivity index is 2.46. The van der Waals surface area contributed by atoms with Crippen molar-refractivity contribution in [2.75, 3.05) is 0 Å². The summed E-state index contributed by atoms with van der Waals surface area (Å²) in [4.78, 5) is 4.57. The molecule has 2 aromatic rings. The quantitative estimate of drug-likeness (QED) is 0.873. The van der Waals surface area contributed by atoms with Crippen molar-refractivity contribution in [3.8, 4) is 0 Å². The molecule has 0 spiro atoms. The van der Waals surface area contributed by atoms with E-state index in [4.69, 9.17) is 10.3 Å². The molecule has 0 aliphatic heterocycles. The van der Waals surface area contributed by atoms with Crippen molar-refractivity contribution in [3.05, 3.63) is 47.6 Å². The van der Waals surface area contributed by atoms with Gasteiger partial charge in [0, 0.05) is 0 Å². The second-order valence-corrected chi connectivity index (χ2v) is 5.13. The van der Waals surface area contributed by atoms with Crippen molar-refractivity contribution >= 4 is 0 Å². The van der Waals surface area contributed by atoms with Crippen LogP contribution in [-0.2, 0) is 5.41 Å². The number of hydrogen-bond acceptors (Lipinski definition) is 4. The third-order valence-electron chi connectivity index (χ3n) is 4.16. The first-order chi connectivity index (χ1) is 9.67. The van der Waals surface area contributed by atoms with Gasteiger partial charge in [-0.25, -0.2) is 0 Å². The number of nitrogens with two attached hydrogens (primary N) is 1. The lowest BCUT2D eigenvalue weighted by Gasteiger charge is -2.28. The predicted molar refractivity (Wildman–Crippen MR) is 79.3 cm³/mol. The van der Waals surface area contributed by atoms with Crippen LogP contribution >= 0.6 is 0 Å². The zero-order valence-corrected chi connectivity index (χ0v) is 12.5. The largest absolute Gasteiger partial charge is 0.338 e. The van der Waals surface area contributed by atoms with Gasteiger partial charge in [-0.1, -0.05) is 56.3 Å². The van der Waals surface area contributed by atoms with E-state index in [1.54, 1.807) is 0 Å². The Hall–Kier alpha value is -1.68. The van der Waals surface area contributed by atoms with Gasteiger partial charge >= 0.3 is 0 Å². The minimum absolute atomic E-state index is 0.182. The lowest BCUT2D eigenvalue weighted by molar-refractivity contribution is 0.336. The number of benzene rings is 1. The molecule has 0 unspecified atom stereocenters. The summed E-state index contributed by atoms with van der Waals surface area (Å²) in [7, 11) is 0. The van der Waals surface area contributed by atoms with Crippen LogP contribution in [0.1, 0.15) is 63.4 Å². The van der Waals surface area contributed by atoms with E-state index in [-0.39, 0.29) is 11.5 Å². The molecule has 20 heavy (non-hydrogen) atoms. The molecule has 0 aliphatic rings. The molecule has 108 valence electrons. The average molecular weight is 273 g/mol. The highest BCUT2D eigenvalue weighted by atomic mass is 16.5. The fourth-order valence-corrected chi connectivity index (χ4v) is 2.62. The first kappa shape index (κ1) is 14.7. The van der Waals surface area contributed by atoms with Crippen LogP contribution in [0.5, 0.6) is 0 Å². The molecule has 1 heterocycles. The van der Waals surface area contributed by atoms with E-state index in [9.17, 15) is 0 Å². The molecule has 1 atom stereocenters. The van der Waals surface area contributed by atoms with Gasteiger partial charge in [-0.3, -0.25) is 0 Å². The number of hydrogen-bond donors (Lipinski definition) is 1. The summed E-state index contributed by atoms with van der Waals surface area (Å²) >= 11 is 0. The summed E-state index contributed by atoms with van der Waals surface area (Å²) in [6.07, 6.45) is 2.64. The minimum Gasteiger partial charge on any atom is -0.338 e. The fraction of sp³-hybridized carbons (Fsp3) is 0.500. The molecular formula is C16H23N3O. The van der Waals surface area contributed by atoms with Gasteiger partial charge in [0.1, 0.15) is 0 Å². The molecule has 1 aromatic carbocycles. The van der Waals surface area contributed by atoms with E-state index < -0.39 is 0 Å². The molecule has 0 aliphatic carbocycles. The Morgan fingerprint density at radius 3 is 2.35 bits per heavy atom. The van der Waals surface area contributed by atoms with E-state index in [0.717, 1.165) is 25.1 Å². The molecule has 1 aromatic heterocycles. The molecule has 0 saturated heterocycles. The van der Waals surface area contributed by atoms with Gasteiger partial charge in [-0.2, -0.15) is 4.98 Å². The normalized spacial score (nSPS) is 13.4. The summed E-state index contributed by atoms with van der Waals surface area (Å²) in [5.74, 6) is 1.28. The van der Waals surface area contributed by atoms with E-state index in [1.807, 2.05) is 25.1 Å². The minimum atomic E-state index is -0.198. The van der Waals surface area contributed by atoms with Gasteiger partial charge < -0.3 is 10.3 Å². The monoisotopic (exact) mass is 273 g/mol. The van der Waals surface area contributed by atoms with Crippen LogP contribution < -0.4 is 5.73 Å². The highest BCUT2D eigenvalue weighted by molar-refractivity contribution is 5.32. The maximum absolute atomic E-state index is 5.98. The molecule has 0 fully saturated rings. The highest BCUT2D eigenvalue weighted by Crippen LogP contribution is 2.37. The molecule has 0 saturated carbocycles. The molecule has 4 heteroatoms. The second kappa shape index (κ2) is 6.18. The van der Waals surface area contributed by atoms with Crippen molar-refractivity contribution in [3.63, 3.8) is 0 Å². The zero-order chi connectivity index (χ0) is 14.6. The number of aromatic nitrogens is 2. The Morgan fingerprint density at radius 1 is 1.15 bits per heavy atom. The average Bonchev–Trinajstić information content (AvgIpc) is 3.00. The summed E-state index contributed by atoms with van der Waals surface area (Å²) < 4.78 is 5.36. The van der Waals surface area contributed by atoms with E-state index in [1.165, 1.54) is 5.56 Å². The van der Waals surface area contributed by atoms with Gasteiger partial charge in [0.2, 0.25) is 5.89 Å². The van der Waals surface area contributed by atoms with Crippen LogP contribution in [0, 0.1) is 0 Å². The first-order valence-corrected chi connectivity index (χ1v) is 7.33. The predicted octanol–water partition coefficient (Wildman–Crippen LogP) is 3.59. The number of nitrogens with zero attached hydrogens (tertiary/aromatic N) is 2. The van der Waals surface area contributed by atoms with Gasteiger partial charge in [0.15, 0.2) is 5.82 Å². The zero-order valence-electron chi connectivity index (χ0n) is 12.5. The van der Waals surface area contributed by atoms with Gasteiger partial charge in [-0.05, 0) is 24.8 Å². The third-order valence-corrected chi connectivity index (χ3v) is 4.16. The van der Waals surface area contributed by atoms with Gasteiger partial charge in [0.25, 0.3) is 0 Å². The molecule has 0 radical (unpaired) electrons. The molecule has 4 nitrogen and oxygen atoms in total. The summed E-state index contributed by atoms with van der Waals surface area (Å²) in [5.41, 5.74) is 7.00. The molecule has 2 N–H and O–H groups in total. The lowest BCUT2D eigenvalue weighted by atomic mass is 9.75. The Morgan fingerprint density at radius 2 is 1.80 bits per heavy atom. The summed E-state index contributed by atoms with van der Waals surface area (Å²) in [6.45, 7) is 6.33. The van der Waals surface area contributed by atoms with E-state index >= 15 is 0 Å². The van der Waals surface area contributed by atoms with Crippen LogP contribution in [0.3, 0.4) is 0 Å². The highest BCUT2D eigenvalue weighted by Gasteiger charge is 2.35. The summed E-state index contributed by atoms with van der Waals surface area (Å²) in [5, 5.41) is 4.21. The van der Waals surface area contributed by atoms with Crippen LogP contribution in [0.15, 0.2) is 34.9 Å². The van der Waals surface area contributed by atoms with Crippen molar-refractivity contribution < 1.29 is 4.52 Å². The molecule has 0 bridgehead atoms. The van der Waals surface area contributed by atoms with E-state index in [2.05, 4.69) is 36.1 Å². The van der Waals surface area contributed by atoms with Gasteiger partial charge in [0.05, 0.1) is 11.5 Å². The Kier molecular flexibility index (Phi) is 4.55. The topological polar surface area (TPSA) is 64.9 Å². The third kappa shape index (κ3) is 2.48. The molecule has 0 amide bonds. The SMILES string of the molecule is CC[C@@H](N)c1nc(C(CC)(CC)c2ccccc2)no1.